The van der Waals surface area contributed by atoms with Gasteiger partial charge < -0.3 is 4.74 Å². The number of nitrogens with zero attached hydrogens (tertiary/aromatic N) is 3. The summed E-state index contributed by atoms with van der Waals surface area (Å²) in [6, 6.07) is 5.50. The Balaban J connectivity index is 2.27. The highest BCUT2D eigenvalue weighted by molar-refractivity contribution is 6.08. The lowest BCUT2D eigenvalue weighted by Crippen LogP contribution is -2.23. The van der Waals surface area contributed by atoms with E-state index in [1.807, 2.05) is 19.1 Å². The molecule has 0 N–H and O–H groups in total. The molecule has 112 valence electrons. The van der Waals surface area contributed by atoms with Gasteiger partial charge >= 0.3 is 5.97 Å². The zero-order valence-corrected chi connectivity index (χ0v) is 12.3. The average molecular weight is 289 g/mol. The first-order chi connectivity index (χ1) is 10.1. The van der Waals surface area contributed by atoms with Crippen molar-refractivity contribution < 1.29 is 14.3 Å². The third-order valence-corrected chi connectivity index (χ3v) is 3.09. The van der Waals surface area contributed by atoms with Crippen molar-refractivity contribution in [1.29, 1.82) is 0 Å². The van der Waals surface area contributed by atoms with Crippen LogP contribution in [0.5, 0.6) is 0 Å². The van der Waals surface area contributed by atoms with Crippen LogP contribution in [0, 0.1) is 6.92 Å². The van der Waals surface area contributed by atoms with Gasteiger partial charge in [-0.05, 0) is 32.4 Å². The van der Waals surface area contributed by atoms with E-state index in [4.69, 9.17) is 4.74 Å². The predicted octanol–water partition coefficient (Wildman–Crippen LogP) is 1.67. The van der Waals surface area contributed by atoms with Gasteiger partial charge in [0, 0.05) is 18.7 Å². The minimum Gasteiger partial charge on any atom is -0.466 e. The van der Waals surface area contributed by atoms with Crippen LogP contribution < -0.4 is 0 Å². The first kappa shape index (κ1) is 15.2. The Kier molecular flexibility index (Phi) is 5.03. The molecule has 1 amide bonds. The van der Waals surface area contributed by atoms with Gasteiger partial charge in [0.15, 0.2) is 0 Å². The molecule has 6 nitrogen and oxygen atoms in total. The van der Waals surface area contributed by atoms with Gasteiger partial charge in [0.05, 0.1) is 24.4 Å². The minimum absolute atomic E-state index is 0.00801. The Bertz CT molecular complexity index is 569. The normalized spacial score (nSPS) is 15.4. The number of esters is 1. The number of carbonyl (C=O) groups is 2. The van der Waals surface area contributed by atoms with Crippen molar-refractivity contribution in [3.63, 3.8) is 0 Å². The van der Waals surface area contributed by atoms with E-state index in [2.05, 4.69) is 10.1 Å². The van der Waals surface area contributed by atoms with Crippen molar-refractivity contribution in [3.05, 3.63) is 29.6 Å². The number of pyridine rings is 1. The van der Waals surface area contributed by atoms with E-state index in [0.717, 1.165) is 12.1 Å². The molecule has 1 saturated heterocycles. The Morgan fingerprint density at radius 3 is 2.90 bits per heavy atom. The van der Waals surface area contributed by atoms with E-state index in [9.17, 15) is 9.59 Å². The van der Waals surface area contributed by atoms with E-state index in [-0.39, 0.29) is 18.3 Å². The first-order valence-corrected chi connectivity index (χ1v) is 7.07. The van der Waals surface area contributed by atoms with Gasteiger partial charge in [-0.1, -0.05) is 6.07 Å². The fourth-order valence-electron chi connectivity index (χ4n) is 2.11. The van der Waals surface area contributed by atoms with Crippen molar-refractivity contribution in [2.45, 2.75) is 33.1 Å². The van der Waals surface area contributed by atoms with Crippen LogP contribution in [0.15, 0.2) is 23.3 Å². The van der Waals surface area contributed by atoms with Gasteiger partial charge in [0.1, 0.15) is 0 Å². The highest BCUT2D eigenvalue weighted by Crippen LogP contribution is 2.13. The highest BCUT2D eigenvalue weighted by Gasteiger charge is 2.22. The van der Waals surface area contributed by atoms with Crippen molar-refractivity contribution >= 4 is 17.6 Å². The minimum atomic E-state index is -0.369. The van der Waals surface area contributed by atoms with Crippen LogP contribution in [-0.4, -0.2) is 40.7 Å². The summed E-state index contributed by atoms with van der Waals surface area (Å²) in [5.74, 6) is -0.393. The molecular weight excluding hydrogens is 270 g/mol. The summed E-state index contributed by atoms with van der Waals surface area (Å²) in [5.41, 5.74) is 1.90. The number of hydrogen-bond acceptors (Lipinski definition) is 5. The summed E-state index contributed by atoms with van der Waals surface area (Å²) in [7, 11) is 0. The topological polar surface area (TPSA) is 71.9 Å². The summed E-state index contributed by atoms with van der Waals surface area (Å²) in [5, 5.41) is 5.74. The zero-order chi connectivity index (χ0) is 15.2. The van der Waals surface area contributed by atoms with Crippen LogP contribution in [-0.2, 0) is 14.3 Å². The fraction of sp³-hybridized carbons (Fsp3) is 0.467. The maximum Gasteiger partial charge on any atom is 0.312 e. The number of rotatable bonds is 5. The standard InChI is InChI=1S/C15H19N3O3/c1-3-21-15(20)10-13(12-7-4-6-11(2)16-12)17-18-9-5-8-14(18)19/h4,6-7H,3,5,8-10H2,1-2H3/b17-13-. The number of ether oxygens (including phenoxy) is 1. The van der Waals surface area contributed by atoms with E-state index in [1.165, 1.54) is 5.01 Å². The van der Waals surface area contributed by atoms with E-state index in [1.54, 1.807) is 13.0 Å². The third kappa shape index (κ3) is 4.11. The summed E-state index contributed by atoms with van der Waals surface area (Å²) in [4.78, 5) is 27.8. The molecule has 1 fully saturated rings. The van der Waals surface area contributed by atoms with Crippen molar-refractivity contribution in [2.75, 3.05) is 13.2 Å². The lowest BCUT2D eigenvalue weighted by Gasteiger charge is -2.12. The second-order valence-corrected chi connectivity index (χ2v) is 4.81. The second-order valence-electron chi connectivity index (χ2n) is 4.81. The molecular formula is C15H19N3O3. The second kappa shape index (κ2) is 6.97. The number of hydrazone groups is 1. The van der Waals surface area contributed by atoms with Gasteiger partial charge in [0.25, 0.3) is 0 Å². The van der Waals surface area contributed by atoms with Crippen LogP contribution in [0.3, 0.4) is 0 Å². The van der Waals surface area contributed by atoms with Crippen LogP contribution >= 0.6 is 0 Å². The summed E-state index contributed by atoms with van der Waals surface area (Å²) in [6.45, 7) is 4.52. The predicted molar refractivity (Wildman–Crippen MR) is 77.7 cm³/mol. The average Bonchev–Trinajstić information content (AvgIpc) is 2.84. The fourth-order valence-corrected chi connectivity index (χ4v) is 2.11. The lowest BCUT2D eigenvalue weighted by atomic mass is 10.1. The Morgan fingerprint density at radius 1 is 1.48 bits per heavy atom. The molecule has 1 aliphatic rings. The maximum absolute atomic E-state index is 11.7. The molecule has 2 rings (SSSR count). The van der Waals surface area contributed by atoms with Crippen LogP contribution in [0.4, 0.5) is 0 Å². The number of hydrogen-bond donors (Lipinski definition) is 0. The molecule has 6 heteroatoms. The molecule has 0 atom stereocenters. The van der Waals surface area contributed by atoms with Crippen LogP contribution in [0.25, 0.3) is 0 Å². The van der Waals surface area contributed by atoms with Crippen molar-refractivity contribution in [2.24, 2.45) is 5.10 Å². The van der Waals surface area contributed by atoms with Crippen molar-refractivity contribution in [1.82, 2.24) is 9.99 Å². The number of aryl methyl sites for hydroxylation is 1. The van der Waals surface area contributed by atoms with Crippen molar-refractivity contribution in [3.8, 4) is 0 Å². The lowest BCUT2D eigenvalue weighted by molar-refractivity contribution is -0.141. The summed E-state index contributed by atoms with van der Waals surface area (Å²) < 4.78 is 4.96. The largest absolute Gasteiger partial charge is 0.466 e. The Hall–Kier alpha value is -2.24. The monoisotopic (exact) mass is 289 g/mol. The van der Waals surface area contributed by atoms with E-state index in [0.29, 0.717) is 31.0 Å². The third-order valence-electron chi connectivity index (χ3n) is 3.09. The molecule has 0 bridgehead atoms. The molecule has 1 aromatic heterocycles. The van der Waals surface area contributed by atoms with Crippen LogP contribution in [0.1, 0.15) is 37.6 Å². The van der Waals surface area contributed by atoms with Gasteiger partial charge in [-0.3, -0.25) is 14.6 Å². The first-order valence-electron chi connectivity index (χ1n) is 7.07. The molecule has 0 spiro atoms. The SMILES string of the molecule is CCOC(=O)C/C(=N/N1CCCC1=O)c1cccc(C)n1. The highest BCUT2D eigenvalue weighted by atomic mass is 16.5. The van der Waals surface area contributed by atoms with Gasteiger partial charge in [-0.25, -0.2) is 5.01 Å². The molecule has 1 aliphatic heterocycles. The van der Waals surface area contributed by atoms with Gasteiger partial charge in [-0.2, -0.15) is 5.10 Å². The molecule has 0 radical (unpaired) electrons. The smallest absolute Gasteiger partial charge is 0.312 e. The van der Waals surface area contributed by atoms with Gasteiger partial charge in [0.2, 0.25) is 5.91 Å². The maximum atomic E-state index is 11.7. The van der Waals surface area contributed by atoms with Gasteiger partial charge in [-0.15, -0.1) is 0 Å². The molecule has 0 unspecified atom stereocenters. The molecule has 2 heterocycles. The number of amides is 1. The molecule has 1 aromatic rings. The molecule has 0 aromatic carbocycles. The van der Waals surface area contributed by atoms with Crippen LogP contribution in [0.2, 0.25) is 0 Å². The molecule has 0 aliphatic carbocycles. The summed E-state index contributed by atoms with van der Waals surface area (Å²) in [6.07, 6.45) is 1.29. The number of carbonyl (C=O) groups excluding carboxylic acids is 2. The van der Waals surface area contributed by atoms with E-state index >= 15 is 0 Å². The number of aromatic nitrogens is 1. The Labute approximate surface area is 123 Å². The zero-order valence-electron chi connectivity index (χ0n) is 12.3. The summed E-state index contributed by atoms with van der Waals surface area (Å²) >= 11 is 0. The molecule has 21 heavy (non-hydrogen) atoms. The molecule has 0 saturated carbocycles. The Morgan fingerprint density at radius 2 is 2.29 bits per heavy atom. The van der Waals surface area contributed by atoms with E-state index < -0.39 is 0 Å². The quantitative estimate of drug-likeness (QED) is 0.610.